The molecular formula is C24H32ClNO4S. The van der Waals surface area contributed by atoms with Gasteiger partial charge in [0, 0.05) is 17.5 Å². The molecule has 0 saturated carbocycles. The van der Waals surface area contributed by atoms with Gasteiger partial charge in [0.2, 0.25) is 10.0 Å². The molecule has 0 amide bonds. The van der Waals surface area contributed by atoms with Crippen LogP contribution in [0.2, 0.25) is 5.02 Å². The highest BCUT2D eigenvalue weighted by atomic mass is 35.5. The van der Waals surface area contributed by atoms with Crippen molar-refractivity contribution in [2.45, 2.75) is 70.2 Å². The quantitative estimate of drug-likeness (QED) is 0.399. The summed E-state index contributed by atoms with van der Waals surface area (Å²) in [5.41, 5.74) is 2.11. The number of aryl methyl sites for hydroxylation is 1. The van der Waals surface area contributed by atoms with Crippen LogP contribution in [-0.4, -0.2) is 19.5 Å². The van der Waals surface area contributed by atoms with Gasteiger partial charge in [-0.15, -0.1) is 0 Å². The molecule has 2 aromatic rings. The van der Waals surface area contributed by atoms with Crippen molar-refractivity contribution in [3.8, 4) is 0 Å². The maximum absolute atomic E-state index is 12.9. The Morgan fingerprint density at radius 3 is 2.19 bits per heavy atom. The van der Waals surface area contributed by atoms with Crippen LogP contribution in [0.15, 0.2) is 53.4 Å². The molecule has 0 aliphatic carbocycles. The fourth-order valence-electron chi connectivity index (χ4n) is 3.26. The third-order valence-corrected chi connectivity index (χ3v) is 6.83. The third-order valence-electron chi connectivity index (χ3n) is 5.09. The van der Waals surface area contributed by atoms with E-state index in [-0.39, 0.29) is 22.8 Å². The van der Waals surface area contributed by atoms with Crippen LogP contribution in [0, 0.1) is 5.41 Å². The Labute approximate surface area is 190 Å². The summed E-state index contributed by atoms with van der Waals surface area (Å²) in [7, 11) is -3.69. The second-order valence-electron chi connectivity index (χ2n) is 9.07. The molecule has 7 heteroatoms. The molecular weight excluding hydrogens is 434 g/mol. The van der Waals surface area contributed by atoms with Crippen molar-refractivity contribution in [3.05, 3.63) is 64.7 Å². The maximum atomic E-state index is 12.9. The maximum Gasteiger partial charge on any atom is 0.303 e. The van der Waals surface area contributed by atoms with Crippen molar-refractivity contribution in [1.29, 1.82) is 0 Å². The number of hydrogen-bond acceptors (Lipinski definition) is 3. The molecule has 0 heterocycles. The number of halogens is 1. The first-order valence-corrected chi connectivity index (χ1v) is 12.4. The molecule has 5 nitrogen and oxygen atoms in total. The van der Waals surface area contributed by atoms with Gasteiger partial charge in [0.25, 0.3) is 0 Å². The minimum absolute atomic E-state index is 0.0774. The summed E-state index contributed by atoms with van der Waals surface area (Å²) in [6.45, 7) is 6.41. The summed E-state index contributed by atoms with van der Waals surface area (Å²) in [6, 6.07) is 13.7. The number of aliphatic carboxylic acids is 1. The van der Waals surface area contributed by atoms with Gasteiger partial charge in [-0.05, 0) is 72.9 Å². The van der Waals surface area contributed by atoms with E-state index in [0.29, 0.717) is 17.9 Å². The van der Waals surface area contributed by atoms with Crippen LogP contribution >= 0.6 is 11.6 Å². The van der Waals surface area contributed by atoms with Crippen LogP contribution in [0.25, 0.3) is 0 Å². The van der Waals surface area contributed by atoms with Crippen molar-refractivity contribution in [3.63, 3.8) is 0 Å². The Bertz CT molecular complexity index is 949. The van der Waals surface area contributed by atoms with Crippen LogP contribution in [0.5, 0.6) is 0 Å². The normalized spacial score (nSPS) is 13.2. The zero-order valence-electron chi connectivity index (χ0n) is 18.4. The molecule has 170 valence electrons. The van der Waals surface area contributed by atoms with Gasteiger partial charge in [0.1, 0.15) is 0 Å². The zero-order valence-corrected chi connectivity index (χ0v) is 20.0. The first kappa shape index (κ1) is 25.4. The summed E-state index contributed by atoms with van der Waals surface area (Å²) in [5, 5.41) is 9.23. The predicted octanol–water partition coefficient (Wildman–Crippen LogP) is 5.98. The van der Waals surface area contributed by atoms with E-state index in [1.165, 1.54) is 12.1 Å². The number of hydrogen-bond donors (Lipinski definition) is 2. The number of carbonyl (C=O) groups is 1. The highest BCUT2D eigenvalue weighted by molar-refractivity contribution is 7.89. The third kappa shape index (κ3) is 9.01. The van der Waals surface area contributed by atoms with E-state index < -0.39 is 16.0 Å². The number of rotatable bonds is 11. The van der Waals surface area contributed by atoms with E-state index in [1.54, 1.807) is 12.1 Å². The van der Waals surface area contributed by atoms with Crippen molar-refractivity contribution in [2.75, 3.05) is 0 Å². The van der Waals surface area contributed by atoms with Crippen LogP contribution in [-0.2, 0) is 21.2 Å². The van der Waals surface area contributed by atoms with E-state index >= 15 is 0 Å². The van der Waals surface area contributed by atoms with Crippen molar-refractivity contribution < 1.29 is 18.3 Å². The smallest absolute Gasteiger partial charge is 0.303 e. The predicted molar refractivity (Wildman–Crippen MR) is 125 cm³/mol. The fourth-order valence-corrected chi connectivity index (χ4v) is 4.65. The van der Waals surface area contributed by atoms with Crippen molar-refractivity contribution >= 4 is 27.6 Å². The standard InChI is InChI=1S/C24H32ClNO4S/c1-24(2,3)17-16-22(26-31(29,30)21-14-12-20(25)13-15-21)19-10-8-18(9-11-19)6-4-5-7-23(27)28/h8-15,22,26H,4-7,16-17H2,1-3H3,(H,27,28). The molecule has 0 aliphatic rings. The first-order chi connectivity index (χ1) is 14.5. The Morgan fingerprint density at radius 2 is 1.65 bits per heavy atom. The number of benzene rings is 2. The number of unbranched alkanes of at least 4 members (excludes halogenated alkanes) is 1. The highest BCUT2D eigenvalue weighted by Gasteiger charge is 2.23. The Kier molecular flexibility index (Phi) is 9.10. The minimum atomic E-state index is -3.69. The molecule has 0 fully saturated rings. The van der Waals surface area contributed by atoms with E-state index in [2.05, 4.69) is 25.5 Å². The Hall–Kier alpha value is -1.89. The largest absolute Gasteiger partial charge is 0.481 e. The second-order valence-corrected chi connectivity index (χ2v) is 11.2. The van der Waals surface area contributed by atoms with Gasteiger partial charge < -0.3 is 5.11 Å². The molecule has 0 spiro atoms. The molecule has 31 heavy (non-hydrogen) atoms. The molecule has 0 aromatic heterocycles. The number of sulfonamides is 1. The highest BCUT2D eigenvalue weighted by Crippen LogP contribution is 2.29. The number of nitrogens with one attached hydrogen (secondary N) is 1. The van der Waals surface area contributed by atoms with Crippen LogP contribution in [0.3, 0.4) is 0 Å². The molecule has 2 aromatic carbocycles. The van der Waals surface area contributed by atoms with Gasteiger partial charge in [-0.1, -0.05) is 56.6 Å². The lowest BCUT2D eigenvalue weighted by atomic mass is 9.87. The topological polar surface area (TPSA) is 83.5 Å². The molecule has 1 atom stereocenters. The van der Waals surface area contributed by atoms with Crippen molar-refractivity contribution in [1.82, 2.24) is 4.72 Å². The van der Waals surface area contributed by atoms with Gasteiger partial charge >= 0.3 is 5.97 Å². The lowest BCUT2D eigenvalue weighted by Crippen LogP contribution is -2.29. The average Bonchev–Trinajstić information content (AvgIpc) is 2.68. The molecule has 2 rings (SSSR count). The molecule has 1 unspecified atom stereocenters. The lowest BCUT2D eigenvalue weighted by molar-refractivity contribution is -0.137. The first-order valence-electron chi connectivity index (χ1n) is 10.5. The minimum Gasteiger partial charge on any atom is -0.481 e. The van der Waals surface area contributed by atoms with Gasteiger partial charge in [-0.25, -0.2) is 13.1 Å². The molecule has 0 aliphatic heterocycles. The van der Waals surface area contributed by atoms with E-state index in [1.807, 2.05) is 24.3 Å². The summed E-state index contributed by atoms with van der Waals surface area (Å²) in [5.74, 6) is -0.773. The Balaban J connectivity index is 2.15. The molecule has 0 saturated heterocycles. The van der Waals surface area contributed by atoms with Crippen molar-refractivity contribution in [2.24, 2.45) is 5.41 Å². The summed E-state index contributed by atoms with van der Waals surface area (Å²) in [4.78, 5) is 10.8. The molecule has 0 bridgehead atoms. The summed E-state index contributed by atoms with van der Waals surface area (Å²) >= 11 is 5.89. The summed E-state index contributed by atoms with van der Waals surface area (Å²) < 4.78 is 28.8. The van der Waals surface area contributed by atoms with Crippen LogP contribution in [0.1, 0.15) is 70.0 Å². The number of carboxylic acid groups (broad SMARTS) is 1. The van der Waals surface area contributed by atoms with Gasteiger partial charge in [-0.3, -0.25) is 4.79 Å². The SMILES string of the molecule is CC(C)(C)CCC(NS(=O)(=O)c1ccc(Cl)cc1)c1ccc(CCCCC(=O)O)cc1. The van der Waals surface area contributed by atoms with Gasteiger partial charge in [0.15, 0.2) is 0 Å². The molecule has 2 N–H and O–H groups in total. The van der Waals surface area contributed by atoms with E-state index in [9.17, 15) is 13.2 Å². The lowest BCUT2D eigenvalue weighted by Gasteiger charge is -2.24. The van der Waals surface area contributed by atoms with Gasteiger partial charge in [0.05, 0.1) is 4.90 Å². The second kappa shape index (κ2) is 11.1. The van der Waals surface area contributed by atoms with E-state index in [4.69, 9.17) is 16.7 Å². The Morgan fingerprint density at radius 1 is 1.03 bits per heavy atom. The van der Waals surface area contributed by atoms with Crippen LogP contribution in [0.4, 0.5) is 0 Å². The van der Waals surface area contributed by atoms with E-state index in [0.717, 1.165) is 30.4 Å². The number of carboxylic acids is 1. The zero-order chi connectivity index (χ0) is 23.1. The summed E-state index contributed by atoms with van der Waals surface area (Å²) in [6.07, 6.45) is 3.97. The van der Waals surface area contributed by atoms with Gasteiger partial charge in [-0.2, -0.15) is 0 Å². The fraction of sp³-hybridized carbons (Fsp3) is 0.458. The monoisotopic (exact) mass is 465 g/mol. The van der Waals surface area contributed by atoms with Crippen LogP contribution < -0.4 is 4.72 Å². The average molecular weight is 466 g/mol. The molecule has 0 radical (unpaired) electrons.